The number of benzene rings is 2. The van der Waals surface area contributed by atoms with Gasteiger partial charge in [-0.3, -0.25) is 13.8 Å². The summed E-state index contributed by atoms with van der Waals surface area (Å²) in [5, 5.41) is 13.0. The Morgan fingerprint density at radius 3 is 2.75 bits per heavy atom. The summed E-state index contributed by atoms with van der Waals surface area (Å²) in [4.78, 5) is 17.7. The van der Waals surface area contributed by atoms with Crippen LogP contribution in [0.3, 0.4) is 0 Å². The van der Waals surface area contributed by atoms with Crippen LogP contribution in [0, 0.1) is 0 Å². The van der Waals surface area contributed by atoms with Crippen molar-refractivity contribution in [2.45, 2.75) is 17.5 Å². The Morgan fingerprint density at radius 2 is 1.97 bits per heavy atom. The van der Waals surface area contributed by atoms with Crippen LogP contribution < -0.4 is 10.3 Å². The SMILES string of the molecule is C=CCn1c(=O)c2ccccc2n2c(SCc3csc(-c4ccc(OC)cc4)n3)nnc12. The van der Waals surface area contributed by atoms with E-state index in [9.17, 15) is 4.79 Å². The van der Waals surface area contributed by atoms with Crippen LogP contribution in [0.25, 0.3) is 27.3 Å². The Balaban J connectivity index is 1.47. The summed E-state index contributed by atoms with van der Waals surface area (Å²) >= 11 is 3.15. The number of para-hydroxylation sites is 1. The largest absolute Gasteiger partial charge is 0.497 e. The molecule has 160 valence electrons. The van der Waals surface area contributed by atoms with E-state index >= 15 is 0 Å². The first kappa shape index (κ1) is 20.5. The second kappa shape index (κ2) is 8.60. The van der Waals surface area contributed by atoms with Crippen molar-refractivity contribution in [3.05, 3.63) is 82.6 Å². The fourth-order valence-electron chi connectivity index (χ4n) is 3.50. The van der Waals surface area contributed by atoms with E-state index in [1.54, 1.807) is 40.9 Å². The molecule has 9 heteroatoms. The molecule has 3 aromatic heterocycles. The summed E-state index contributed by atoms with van der Waals surface area (Å²) < 4.78 is 8.75. The van der Waals surface area contributed by atoms with E-state index in [2.05, 4.69) is 22.2 Å². The van der Waals surface area contributed by atoms with Crippen LogP contribution in [0.5, 0.6) is 5.75 Å². The molecule has 5 aromatic rings. The lowest BCUT2D eigenvalue weighted by atomic mass is 10.2. The number of hydrogen-bond donors (Lipinski definition) is 0. The van der Waals surface area contributed by atoms with Crippen molar-refractivity contribution < 1.29 is 4.74 Å². The van der Waals surface area contributed by atoms with E-state index < -0.39 is 0 Å². The van der Waals surface area contributed by atoms with Gasteiger partial charge in [0.1, 0.15) is 10.8 Å². The van der Waals surface area contributed by atoms with Crippen molar-refractivity contribution in [2.75, 3.05) is 7.11 Å². The summed E-state index contributed by atoms with van der Waals surface area (Å²) in [5.74, 6) is 1.97. The third-order valence-electron chi connectivity index (χ3n) is 5.03. The Hall–Kier alpha value is -3.43. The van der Waals surface area contributed by atoms with Gasteiger partial charge in [0.05, 0.1) is 23.7 Å². The quantitative estimate of drug-likeness (QED) is 0.259. The number of fused-ring (bicyclic) bond motifs is 3. The summed E-state index contributed by atoms with van der Waals surface area (Å²) in [7, 11) is 1.65. The van der Waals surface area contributed by atoms with E-state index in [1.807, 2.05) is 52.9 Å². The molecule has 0 spiro atoms. The molecule has 0 saturated heterocycles. The monoisotopic (exact) mass is 461 g/mol. The zero-order valence-electron chi connectivity index (χ0n) is 17.3. The predicted octanol–water partition coefficient (Wildman–Crippen LogP) is 4.65. The van der Waals surface area contributed by atoms with Gasteiger partial charge in [0, 0.05) is 23.2 Å². The Morgan fingerprint density at radius 1 is 1.16 bits per heavy atom. The minimum absolute atomic E-state index is 0.0967. The van der Waals surface area contributed by atoms with Gasteiger partial charge in [-0.05, 0) is 36.4 Å². The molecule has 32 heavy (non-hydrogen) atoms. The number of allylic oxidation sites excluding steroid dienone is 1. The first-order valence-corrected chi connectivity index (χ1v) is 11.8. The van der Waals surface area contributed by atoms with Gasteiger partial charge in [-0.1, -0.05) is 30.0 Å². The highest BCUT2D eigenvalue weighted by atomic mass is 32.2. The van der Waals surface area contributed by atoms with E-state index in [1.165, 1.54) is 0 Å². The molecule has 7 nitrogen and oxygen atoms in total. The molecule has 5 rings (SSSR count). The average Bonchev–Trinajstić information content (AvgIpc) is 3.48. The molecule has 2 aromatic carbocycles. The number of aromatic nitrogens is 5. The van der Waals surface area contributed by atoms with Crippen molar-refractivity contribution in [3.8, 4) is 16.3 Å². The van der Waals surface area contributed by atoms with Gasteiger partial charge in [-0.15, -0.1) is 28.1 Å². The van der Waals surface area contributed by atoms with Gasteiger partial charge in [0.2, 0.25) is 5.78 Å². The van der Waals surface area contributed by atoms with Crippen LogP contribution in [0.4, 0.5) is 0 Å². The smallest absolute Gasteiger partial charge is 0.263 e. The van der Waals surface area contributed by atoms with Crippen LogP contribution in [-0.2, 0) is 12.3 Å². The molecule has 0 radical (unpaired) electrons. The maximum absolute atomic E-state index is 12.9. The zero-order valence-corrected chi connectivity index (χ0v) is 18.9. The van der Waals surface area contributed by atoms with Gasteiger partial charge in [-0.25, -0.2) is 4.98 Å². The van der Waals surface area contributed by atoms with Gasteiger partial charge in [0.25, 0.3) is 5.56 Å². The number of hydrogen-bond acceptors (Lipinski definition) is 7. The second-order valence-corrected chi connectivity index (χ2v) is 8.80. The molecule has 0 fully saturated rings. The Bertz CT molecular complexity index is 1480. The molecule has 0 aliphatic rings. The summed E-state index contributed by atoms with van der Waals surface area (Å²) in [5.41, 5.74) is 2.71. The first-order chi connectivity index (χ1) is 15.7. The van der Waals surface area contributed by atoms with Gasteiger partial charge in [-0.2, -0.15) is 0 Å². The number of nitrogens with zero attached hydrogens (tertiary/aromatic N) is 5. The normalized spacial score (nSPS) is 11.3. The number of thiazole rings is 1. The van der Waals surface area contributed by atoms with Gasteiger partial charge >= 0.3 is 0 Å². The third-order valence-corrected chi connectivity index (χ3v) is 6.93. The highest BCUT2D eigenvalue weighted by molar-refractivity contribution is 7.98. The lowest BCUT2D eigenvalue weighted by molar-refractivity contribution is 0.415. The number of methoxy groups -OCH3 is 1. The van der Waals surface area contributed by atoms with Crippen molar-refractivity contribution in [1.29, 1.82) is 0 Å². The van der Waals surface area contributed by atoms with Crippen molar-refractivity contribution in [2.24, 2.45) is 0 Å². The van der Waals surface area contributed by atoms with Crippen LogP contribution in [-0.4, -0.2) is 31.3 Å². The number of rotatable bonds is 7. The van der Waals surface area contributed by atoms with Crippen LogP contribution in [0.2, 0.25) is 0 Å². The highest BCUT2D eigenvalue weighted by Crippen LogP contribution is 2.29. The number of thioether (sulfide) groups is 1. The summed E-state index contributed by atoms with van der Waals surface area (Å²) in [6.45, 7) is 4.14. The maximum atomic E-state index is 12.9. The van der Waals surface area contributed by atoms with Crippen molar-refractivity contribution >= 4 is 39.8 Å². The minimum atomic E-state index is -0.0967. The molecule has 0 N–H and O–H groups in total. The molecular formula is C23H19N5O2S2. The lowest BCUT2D eigenvalue weighted by Gasteiger charge is -2.09. The molecule has 0 amide bonds. The minimum Gasteiger partial charge on any atom is -0.497 e. The average molecular weight is 462 g/mol. The molecule has 0 aliphatic heterocycles. The van der Waals surface area contributed by atoms with Crippen molar-refractivity contribution in [3.63, 3.8) is 0 Å². The molecule has 3 heterocycles. The molecule has 0 aliphatic carbocycles. The third kappa shape index (κ3) is 3.59. The summed E-state index contributed by atoms with van der Waals surface area (Å²) in [6, 6.07) is 15.4. The standard InChI is InChI=1S/C23H19N5O2S2/c1-3-12-27-21(29)18-6-4-5-7-19(18)28-22(27)25-26-23(28)32-14-16-13-31-20(24-16)15-8-10-17(30-2)11-9-15/h3-11,13H,1,12,14H2,2H3. The molecule has 0 unspecified atom stereocenters. The summed E-state index contributed by atoms with van der Waals surface area (Å²) in [6.07, 6.45) is 1.69. The zero-order chi connectivity index (χ0) is 22.1. The van der Waals surface area contributed by atoms with Crippen LogP contribution in [0.15, 0.2) is 76.5 Å². The second-order valence-electron chi connectivity index (χ2n) is 7.00. The lowest BCUT2D eigenvalue weighted by Crippen LogP contribution is -2.22. The topological polar surface area (TPSA) is 74.3 Å². The van der Waals surface area contributed by atoms with E-state index in [0.29, 0.717) is 28.6 Å². The van der Waals surface area contributed by atoms with E-state index in [4.69, 9.17) is 9.72 Å². The predicted molar refractivity (Wildman–Crippen MR) is 129 cm³/mol. The highest BCUT2D eigenvalue weighted by Gasteiger charge is 2.16. The molecule has 0 atom stereocenters. The van der Waals surface area contributed by atoms with Gasteiger partial charge < -0.3 is 4.74 Å². The van der Waals surface area contributed by atoms with Gasteiger partial charge in [0.15, 0.2) is 5.16 Å². The maximum Gasteiger partial charge on any atom is 0.263 e. The fraction of sp³-hybridized carbons (Fsp3) is 0.130. The van der Waals surface area contributed by atoms with Crippen LogP contribution in [0.1, 0.15) is 5.69 Å². The van der Waals surface area contributed by atoms with Crippen molar-refractivity contribution in [1.82, 2.24) is 24.1 Å². The fourth-order valence-corrected chi connectivity index (χ4v) is 5.26. The van der Waals surface area contributed by atoms with Crippen LogP contribution >= 0.6 is 23.1 Å². The van der Waals surface area contributed by atoms with E-state index in [-0.39, 0.29) is 5.56 Å². The Kier molecular flexibility index (Phi) is 5.50. The van der Waals surface area contributed by atoms with E-state index in [0.717, 1.165) is 27.5 Å². The Labute approximate surface area is 192 Å². The molecule has 0 saturated carbocycles. The number of ether oxygens (including phenoxy) is 1. The molecule has 0 bridgehead atoms. The molecular weight excluding hydrogens is 442 g/mol. The first-order valence-electron chi connectivity index (χ1n) is 9.89.